The van der Waals surface area contributed by atoms with Crippen LogP contribution in [0, 0.1) is 0 Å². The van der Waals surface area contributed by atoms with Crippen LogP contribution in [0.1, 0.15) is 48.9 Å². The fourth-order valence-corrected chi connectivity index (χ4v) is 2.87. The lowest BCUT2D eigenvalue weighted by atomic mass is 9.83. The third-order valence-corrected chi connectivity index (χ3v) is 4.29. The van der Waals surface area contributed by atoms with Gasteiger partial charge in [0.05, 0.1) is 0 Å². The van der Waals surface area contributed by atoms with Gasteiger partial charge < -0.3 is 4.90 Å². The molecule has 0 aliphatic carbocycles. The van der Waals surface area contributed by atoms with E-state index in [2.05, 4.69) is 62.3 Å². The van der Waals surface area contributed by atoms with Crippen LogP contribution < -0.4 is 0 Å². The lowest BCUT2D eigenvalue weighted by Crippen LogP contribution is -2.19. The van der Waals surface area contributed by atoms with Crippen molar-refractivity contribution in [3.63, 3.8) is 0 Å². The molecule has 0 amide bonds. The van der Waals surface area contributed by atoms with Crippen LogP contribution in [0.25, 0.3) is 0 Å². The average Bonchev–Trinajstić information content (AvgIpc) is 2.52. The van der Waals surface area contributed by atoms with Gasteiger partial charge in [0.1, 0.15) is 5.78 Å². The van der Waals surface area contributed by atoms with E-state index in [9.17, 15) is 4.79 Å². The smallest absolute Gasteiger partial charge is 0.130 e. The van der Waals surface area contributed by atoms with Gasteiger partial charge in [0.2, 0.25) is 0 Å². The maximum Gasteiger partial charge on any atom is 0.130 e. The zero-order valence-electron chi connectivity index (χ0n) is 13.9. The van der Waals surface area contributed by atoms with E-state index in [0.717, 1.165) is 0 Å². The molecule has 116 valence electrons. The van der Waals surface area contributed by atoms with Crippen LogP contribution in [-0.4, -0.2) is 24.8 Å². The second kappa shape index (κ2) is 7.37. The van der Waals surface area contributed by atoms with E-state index in [1.807, 2.05) is 18.2 Å². The van der Waals surface area contributed by atoms with Crippen LogP contribution in [0.5, 0.6) is 0 Å². The van der Waals surface area contributed by atoms with Gasteiger partial charge in [0, 0.05) is 18.4 Å². The average molecular weight is 295 g/mol. The Kier molecular flexibility index (Phi) is 5.51. The summed E-state index contributed by atoms with van der Waals surface area (Å²) in [4.78, 5) is 14.0. The Hall–Kier alpha value is -1.93. The summed E-state index contributed by atoms with van der Waals surface area (Å²) in [7, 11) is 4.17. The molecule has 22 heavy (non-hydrogen) atoms. The number of nitrogens with zero attached hydrogens (tertiary/aromatic N) is 1. The van der Waals surface area contributed by atoms with Crippen LogP contribution in [0.4, 0.5) is 0 Å². The summed E-state index contributed by atoms with van der Waals surface area (Å²) in [5.74, 6) is 0.346. The standard InChI is InChI=1S/C20H25NO/c1-15(22)14-20(17-10-6-5-7-11-17)19-13-9-8-12-18(19)16(2)21(3)4/h5-13,16,20H,14H2,1-4H3/t16-,20+/m0/s1. The number of carbonyl (C=O) groups excluding carboxylic acids is 1. The number of hydrogen-bond acceptors (Lipinski definition) is 2. The first-order chi connectivity index (χ1) is 10.5. The molecule has 2 aromatic carbocycles. The van der Waals surface area contributed by atoms with Crippen LogP contribution in [-0.2, 0) is 4.79 Å². The third kappa shape index (κ3) is 3.83. The van der Waals surface area contributed by atoms with E-state index in [1.54, 1.807) is 6.92 Å². The molecule has 2 heteroatoms. The van der Waals surface area contributed by atoms with E-state index >= 15 is 0 Å². The molecule has 0 radical (unpaired) electrons. The van der Waals surface area contributed by atoms with Gasteiger partial charge in [-0.15, -0.1) is 0 Å². The summed E-state index contributed by atoms with van der Waals surface area (Å²) >= 11 is 0. The first-order valence-corrected chi connectivity index (χ1v) is 7.80. The fourth-order valence-electron chi connectivity index (χ4n) is 2.87. The monoisotopic (exact) mass is 295 g/mol. The van der Waals surface area contributed by atoms with E-state index in [1.165, 1.54) is 16.7 Å². The molecule has 2 nitrogen and oxygen atoms in total. The van der Waals surface area contributed by atoms with Gasteiger partial charge in [0.15, 0.2) is 0 Å². The molecule has 0 saturated carbocycles. The SMILES string of the molecule is CC(=O)C[C@H](c1ccccc1)c1ccccc1[C@H](C)N(C)C. The lowest BCUT2D eigenvalue weighted by Gasteiger charge is -2.27. The minimum atomic E-state index is 0.122. The Morgan fingerprint density at radius 3 is 2.05 bits per heavy atom. The van der Waals surface area contributed by atoms with E-state index in [-0.39, 0.29) is 11.7 Å². The molecule has 0 heterocycles. The van der Waals surface area contributed by atoms with Gasteiger partial charge in [0.25, 0.3) is 0 Å². The highest BCUT2D eigenvalue weighted by Gasteiger charge is 2.21. The predicted octanol–water partition coefficient (Wildman–Crippen LogP) is 4.42. The van der Waals surface area contributed by atoms with Crippen LogP contribution >= 0.6 is 0 Å². The molecule has 2 aromatic rings. The molecule has 0 N–H and O–H groups in total. The second-order valence-corrected chi connectivity index (χ2v) is 6.14. The minimum absolute atomic E-state index is 0.122. The largest absolute Gasteiger partial charge is 0.303 e. The van der Waals surface area contributed by atoms with Crippen molar-refractivity contribution in [1.82, 2.24) is 4.90 Å². The van der Waals surface area contributed by atoms with Gasteiger partial charge in [-0.25, -0.2) is 0 Å². The third-order valence-electron chi connectivity index (χ3n) is 4.29. The highest BCUT2D eigenvalue weighted by molar-refractivity contribution is 5.77. The quantitative estimate of drug-likeness (QED) is 0.786. The van der Waals surface area contributed by atoms with Crippen molar-refractivity contribution in [2.24, 2.45) is 0 Å². The molecule has 0 bridgehead atoms. The molecule has 0 saturated heterocycles. The predicted molar refractivity (Wildman–Crippen MR) is 92.1 cm³/mol. The maximum atomic E-state index is 11.8. The molecular formula is C20H25NO. The number of Topliss-reactive ketones (excluding diaryl/α,β-unsaturated/α-hetero) is 1. The summed E-state index contributed by atoms with van der Waals surface area (Å²) in [6, 6.07) is 19.1. The normalized spacial score (nSPS) is 13.9. The van der Waals surface area contributed by atoms with Crippen molar-refractivity contribution in [2.45, 2.75) is 32.2 Å². The van der Waals surface area contributed by atoms with Crippen molar-refractivity contribution in [3.05, 3.63) is 71.3 Å². The van der Waals surface area contributed by atoms with Crippen molar-refractivity contribution >= 4 is 5.78 Å². The molecule has 0 aliphatic heterocycles. The zero-order valence-corrected chi connectivity index (χ0v) is 13.9. The number of rotatable bonds is 6. The van der Waals surface area contributed by atoms with Crippen molar-refractivity contribution in [1.29, 1.82) is 0 Å². The minimum Gasteiger partial charge on any atom is -0.303 e. The maximum absolute atomic E-state index is 11.8. The van der Waals surface area contributed by atoms with E-state index < -0.39 is 0 Å². The van der Waals surface area contributed by atoms with Crippen LogP contribution in [0.15, 0.2) is 54.6 Å². The van der Waals surface area contributed by atoms with Crippen molar-refractivity contribution in [2.75, 3.05) is 14.1 Å². The van der Waals surface area contributed by atoms with Gasteiger partial charge >= 0.3 is 0 Å². The molecule has 0 aromatic heterocycles. The number of benzene rings is 2. The van der Waals surface area contributed by atoms with Crippen LogP contribution in [0.2, 0.25) is 0 Å². The highest BCUT2D eigenvalue weighted by Crippen LogP contribution is 2.34. The van der Waals surface area contributed by atoms with Crippen molar-refractivity contribution < 1.29 is 4.79 Å². The second-order valence-electron chi connectivity index (χ2n) is 6.14. The van der Waals surface area contributed by atoms with Crippen molar-refractivity contribution in [3.8, 4) is 0 Å². The zero-order chi connectivity index (χ0) is 16.1. The summed E-state index contributed by atoms with van der Waals surface area (Å²) in [6.45, 7) is 3.88. The van der Waals surface area contributed by atoms with E-state index in [0.29, 0.717) is 12.5 Å². The number of ketones is 1. The summed E-state index contributed by atoms with van der Waals surface area (Å²) < 4.78 is 0. The molecule has 0 unspecified atom stereocenters. The van der Waals surface area contributed by atoms with E-state index in [4.69, 9.17) is 0 Å². The summed E-state index contributed by atoms with van der Waals surface area (Å²) in [5.41, 5.74) is 3.75. The summed E-state index contributed by atoms with van der Waals surface area (Å²) in [5, 5.41) is 0. The lowest BCUT2D eigenvalue weighted by molar-refractivity contribution is -0.117. The molecule has 0 fully saturated rings. The Morgan fingerprint density at radius 2 is 1.50 bits per heavy atom. The topological polar surface area (TPSA) is 20.3 Å². The first kappa shape index (κ1) is 16.4. The van der Waals surface area contributed by atoms with Gasteiger partial charge in [-0.3, -0.25) is 4.79 Å². The Morgan fingerprint density at radius 1 is 0.955 bits per heavy atom. The molecule has 2 rings (SSSR count). The first-order valence-electron chi connectivity index (χ1n) is 7.80. The van der Waals surface area contributed by atoms with Gasteiger partial charge in [-0.1, -0.05) is 54.6 Å². The molecule has 0 aliphatic rings. The summed E-state index contributed by atoms with van der Waals surface area (Å²) in [6.07, 6.45) is 0.543. The number of hydrogen-bond donors (Lipinski definition) is 0. The number of carbonyl (C=O) groups is 1. The Balaban J connectivity index is 2.51. The van der Waals surface area contributed by atoms with Gasteiger partial charge in [-0.05, 0) is 44.6 Å². The molecular weight excluding hydrogens is 270 g/mol. The highest BCUT2D eigenvalue weighted by atomic mass is 16.1. The van der Waals surface area contributed by atoms with Gasteiger partial charge in [-0.2, -0.15) is 0 Å². The Bertz CT molecular complexity index is 619. The molecule has 0 spiro atoms. The fraction of sp³-hybridized carbons (Fsp3) is 0.350. The van der Waals surface area contributed by atoms with Crippen LogP contribution in [0.3, 0.4) is 0 Å². The molecule has 2 atom stereocenters. The Labute approximate surface area is 133 Å².